The highest BCUT2D eigenvalue weighted by Gasteiger charge is 2.28. The van der Waals surface area contributed by atoms with E-state index < -0.39 is 21.8 Å². The van der Waals surface area contributed by atoms with Gasteiger partial charge in [-0.15, -0.1) is 0 Å². The predicted molar refractivity (Wildman–Crippen MR) is 77.8 cm³/mol. The SMILES string of the molecule is COS(=O)(=O)c1cc2ccccc2n1C(=O)OC(C)(C)C. The summed E-state index contributed by atoms with van der Waals surface area (Å²) in [6.07, 6.45) is -0.765. The van der Waals surface area contributed by atoms with E-state index in [4.69, 9.17) is 4.74 Å². The third-order valence-electron chi connectivity index (χ3n) is 2.73. The van der Waals surface area contributed by atoms with Crippen molar-refractivity contribution in [3.63, 3.8) is 0 Å². The van der Waals surface area contributed by atoms with E-state index in [-0.39, 0.29) is 5.03 Å². The molecule has 0 saturated heterocycles. The summed E-state index contributed by atoms with van der Waals surface area (Å²) in [6, 6.07) is 8.22. The maximum atomic E-state index is 12.3. The smallest absolute Gasteiger partial charge is 0.420 e. The molecule has 1 heterocycles. The minimum absolute atomic E-state index is 0.250. The van der Waals surface area contributed by atoms with E-state index in [1.165, 1.54) is 6.07 Å². The van der Waals surface area contributed by atoms with Gasteiger partial charge in [0.15, 0.2) is 5.03 Å². The molecule has 0 unspecified atom stereocenters. The zero-order valence-electron chi connectivity index (χ0n) is 12.3. The lowest BCUT2D eigenvalue weighted by Crippen LogP contribution is -2.28. The van der Waals surface area contributed by atoms with E-state index >= 15 is 0 Å². The first-order valence-electron chi connectivity index (χ1n) is 6.30. The first-order chi connectivity index (χ1) is 9.65. The Balaban J connectivity index is 2.70. The fourth-order valence-corrected chi connectivity index (χ4v) is 2.73. The van der Waals surface area contributed by atoms with Gasteiger partial charge >= 0.3 is 16.2 Å². The Morgan fingerprint density at radius 2 is 1.81 bits per heavy atom. The maximum absolute atomic E-state index is 12.3. The van der Waals surface area contributed by atoms with E-state index in [2.05, 4.69) is 4.18 Å². The van der Waals surface area contributed by atoms with Crippen LogP contribution in [-0.4, -0.2) is 31.8 Å². The molecule has 0 aliphatic carbocycles. The second-order valence-electron chi connectivity index (χ2n) is 5.48. The molecule has 0 amide bonds. The minimum atomic E-state index is -4.03. The topological polar surface area (TPSA) is 74.6 Å². The summed E-state index contributed by atoms with van der Waals surface area (Å²) in [6.45, 7) is 5.13. The van der Waals surface area contributed by atoms with Crippen molar-refractivity contribution in [1.29, 1.82) is 0 Å². The summed E-state index contributed by atoms with van der Waals surface area (Å²) in [5.74, 6) is 0. The van der Waals surface area contributed by atoms with Crippen LogP contribution in [0.3, 0.4) is 0 Å². The number of hydrogen-bond acceptors (Lipinski definition) is 5. The molecule has 1 aromatic heterocycles. The third kappa shape index (κ3) is 3.08. The van der Waals surface area contributed by atoms with Crippen molar-refractivity contribution in [2.45, 2.75) is 31.4 Å². The number of rotatable bonds is 2. The summed E-state index contributed by atoms with van der Waals surface area (Å²) in [5, 5.41) is 0.361. The van der Waals surface area contributed by atoms with Gasteiger partial charge < -0.3 is 4.74 Å². The number of para-hydroxylation sites is 1. The first kappa shape index (κ1) is 15.5. The van der Waals surface area contributed by atoms with Crippen molar-refractivity contribution in [1.82, 2.24) is 4.57 Å². The molecule has 1 aromatic carbocycles. The highest BCUT2D eigenvalue weighted by atomic mass is 32.2. The van der Waals surface area contributed by atoms with Gasteiger partial charge in [-0.3, -0.25) is 4.18 Å². The standard InChI is InChI=1S/C14H17NO5S/c1-14(2,3)20-13(16)15-11-8-6-5-7-10(11)9-12(15)21(17,18)19-4/h5-9H,1-4H3. The molecule has 0 radical (unpaired) electrons. The largest absolute Gasteiger partial charge is 0.443 e. The summed E-state index contributed by atoms with van der Waals surface area (Å²) in [4.78, 5) is 12.3. The molecule has 2 rings (SSSR count). The fraction of sp³-hybridized carbons (Fsp3) is 0.357. The van der Waals surface area contributed by atoms with E-state index in [1.807, 2.05) is 0 Å². The third-order valence-corrected chi connectivity index (χ3v) is 3.98. The van der Waals surface area contributed by atoms with Crippen LogP contribution in [0.1, 0.15) is 20.8 Å². The lowest BCUT2D eigenvalue weighted by molar-refractivity contribution is 0.0529. The number of aromatic nitrogens is 1. The Hall–Kier alpha value is -1.86. The number of hydrogen-bond donors (Lipinski definition) is 0. The van der Waals surface area contributed by atoms with Gasteiger partial charge in [0.2, 0.25) is 0 Å². The van der Waals surface area contributed by atoms with Crippen LogP contribution in [0.25, 0.3) is 10.9 Å². The van der Waals surface area contributed by atoms with Crippen LogP contribution in [0, 0.1) is 0 Å². The fourth-order valence-electron chi connectivity index (χ4n) is 1.89. The maximum Gasteiger partial charge on any atom is 0.420 e. The number of benzene rings is 1. The predicted octanol–water partition coefficient (Wildman–Crippen LogP) is 2.76. The van der Waals surface area contributed by atoms with E-state index in [9.17, 15) is 13.2 Å². The van der Waals surface area contributed by atoms with Crippen LogP contribution in [0.5, 0.6) is 0 Å². The van der Waals surface area contributed by atoms with Crippen LogP contribution in [-0.2, 0) is 19.0 Å². The molecule has 21 heavy (non-hydrogen) atoms. The monoisotopic (exact) mass is 311 g/mol. The van der Waals surface area contributed by atoms with Crippen molar-refractivity contribution in [2.75, 3.05) is 7.11 Å². The van der Waals surface area contributed by atoms with E-state index in [0.29, 0.717) is 10.9 Å². The normalized spacial score (nSPS) is 12.6. The van der Waals surface area contributed by atoms with Gasteiger partial charge in [-0.1, -0.05) is 18.2 Å². The molecule has 6 nitrogen and oxygen atoms in total. The zero-order chi connectivity index (χ0) is 15.8. The Morgan fingerprint density at radius 1 is 1.19 bits per heavy atom. The Bertz CT molecular complexity index is 783. The number of carbonyl (C=O) groups is 1. The van der Waals surface area contributed by atoms with Crippen LogP contribution in [0.2, 0.25) is 0 Å². The molecule has 2 aromatic rings. The second-order valence-corrected chi connectivity index (χ2v) is 7.14. The zero-order valence-corrected chi connectivity index (χ0v) is 13.1. The van der Waals surface area contributed by atoms with Gasteiger partial charge in [0.05, 0.1) is 12.6 Å². The molecular formula is C14H17NO5S. The van der Waals surface area contributed by atoms with Gasteiger partial charge in [-0.25, -0.2) is 9.36 Å². The number of carbonyl (C=O) groups excluding carboxylic acids is 1. The average molecular weight is 311 g/mol. The van der Waals surface area contributed by atoms with Crippen LogP contribution in [0.4, 0.5) is 4.79 Å². The number of nitrogens with zero attached hydrogens (tertiary/aromatic N) is 1. The highest BCUT2D eigenvalue weighted by Crippen LogP contribution is 2.25. The molecule has 0 saturated carbocycles. The average Bonchev–Trinajstić information content (AvgIpc) is 2.76. The first-order valence-corrected chi connectivity index (χ1v) is 7.71. The quantitative estimate of drug-likeness (QED) is 0.797. The van der Waals surface area contributed by atoms with Gasteiger partial charge in [-0.05, 0) is 32.9 Å². The molecule has 0 N–H and O–H groups in total. The van der Waals surface area contributed by atoms with Crippen LogP contribution >= 0.6 is 0 Å². The van der Waals surface area contributed by atoms with Crippen LogP contribution < -0.4 is 0 Å². The minimum Gasteiger partial charge on any atom is -0.443 e. The van der Waals surface area contributed by atoms with E-state index in [0.717, 1.165) is 11.7 Å². The van der Waals surface area contributed by atoms with Gasteiger partial charge in [0, 0.05) is 5.39 Å². The van der Waals surface area contributed by atoms with Crippen LogP contribution in [0.15, 0.2) is 35.4 Å². The Labute approximate surface area is 123 Å². The molecule has 0 spiro atoms. The molecule has 114 valence electrons. The van der Waals surface area contributed by atoms with Crippen molar-refractivity contribution in [3.8, 4) is 0 Å². The van der Waals surface area contributed by atoms with Crippen molar-refractivity contribution < 1.29 is 22.1 Å². The number of ether oxygens (including phenoxy) is 1. The molecule has 0 aliphatic rings. The molecule has 7 heteroatoms. The summed E-state index contributed by atoms with van der Waals surface area (Å²) < 4.78 is 34.8. The summed E-state index contributed by atoms with van der Waals surface area (Å²) in [5.41, 5.74) is -0.293. The highest BCUT2D eigenvalue weighted by molar-refractivity contribution is 7.86. The van der Waals surface area contributed by atoms with Gasteiger partial charge in [-0.2, -0.15) is 8.42 Å². The van der Waals surface area contributed by atoms with E-state index in [1.54, 1.807) is 45.0 Å². The van der Waals surface area contributed by atoms with Crippen molar-refractivity contribution >= 4 is 27.1 Å². The number of fused-ring (bicyclic) bond motifs is 1. The molecule has 0 bridgehead atoms. The molecule has 0 atom stereocenters. The lowest BCUT2D eigenvalue weighted by atomic mass is 10.2. The lowest BCUT2D eigenvalue weighted by Gasteiger charge is -2.20. The second kappa shape index (κ2) is 5.16. The van der Waals surface area contributed by atoms with Crippen molar-refractivity contribution in [3.05, 3.63) is 30.3 Å². The molecular weight excluding hydrogens is 294 g/mol. The van der Waals surface area contributed by atoms with Crippen molar-refractivity contribution in [2.24, 2.45) is 0 Å². The summed E-state index contributed by atoms with van der Waals surface area (Å²) in [7, 11) is -2.98. The molecule has 0 aliphatic heterocycles. The van der Waals surface area contributed by atoms with Gasteiger partial charge in [0.25, 0.3) is 0 Å². The van der Waals surface area contributed by atoms with Gasteiger partial charge in [0.1, 0.15) is 5.60 Å². The Kier molecular flexibility index (Phi) is 3.81. The summed E-state index contributed by atoms with van der Waals surface area (Å²) >= 11 is 0. The molecule has 0 fully saturated rings. The Morgan fingerprint density at radius 3 is 2.38 bits per heavy atom.